The van der Waals surface area contributed by atoms with Crippen molar-refractivity contribution in [1.82, 2.24) is 14.5 Å². The Bertz CT molecular complexity index is 864. The van der Waals surface area contributed by atoms with Crippen molar-refractivity contribution >= 4 is 22.8 Å². The van der Waals surface area contributed by atoms with Crippen LogP contribution < -0.4 is 5.32 Å². The molecule has 2 aliphatic rings. The number of carbonyl (C=O) groups is 1. The molecule has 1 saturated heterocycles. The van der Waals surface area contributed by atoms with Gasteiger partial charge in [-0.3, -0.25) is 9.36 Å². The van der Waals surface area contributed by atoms with Gasteiger partial charge in [-0.2, -0.15) is 0 Å². The smallest absolute Gasteiger partial charge is 0.308 e. The van der Waals surface area contributed by atoms with E-state index < -0.39 is 24.5 Å². The molecule has 158 valence electrons. The molecule has 2 aromatic rings. The number of hydrogen-bond donors (Lipinski definition) is 3. The standard InChI is InChI=1S/C20H28N4O5/c1-11(2)20(27)28-9-14-16(25)17(26)19(29-14)24-10-22-15-13(7-8-21-18(15)24)23-12-5-3-4-6-12/h7-8,10-12,14,16-17,19,25-26H,3-6,9H2,1-2H3,(H,21,23)/t14-,16-,17-,19-/m1/s1. The average Bonchev–Trinajstić information content (AvgIpc) is 3.42. The number of hydrogen-bond acceptors (Lipinski definition) is 8. The number of pyridine rings is 1. The number of aliphatic hydroxyl groups excluding tert-OH is 2. The summed E-state index contributed by atoms with van der Waals surface area (Å²) in [6, 6.07) is 2.33. The molecule has 29 heavy (non-hydrogen) atoms. The number of ether oxygens (including phenoxy) is 2. The highest BCUT2D eigenvalue weighted by Gasteiger charge is 2.45. The fraction of sp³-hybridized carbons (Fsp3) is 0.650. The van der Waals surface area contributed by atoms with E-state index >= 15 is 0 Å². The first-order chi connectivity index (χ1) is 14.0. The summed E-state index contributed by atoms with van der Waals surface area (Å²) in [6.07, 6.45) is 3.91. The van der Waals surface area contributed by atoms with Crippen molar-refractivity contribution in [2.24, 2.45) is 5.92 Å². The molecule has 0 spiro atoms. The first kappa shape index (κ1) is 20.1. The summed E-state index contributed by atoms with van der Waals surface area (Å²) in [4.78, 5) is 20.6. The summed E-state index contributed by atoms with van der Waals surface area (Å²) in [6.45, 7) is 3.33. The van der Waals surface area contributed by atoms with Crippen molar-refractivity contribution in [3.05, 3.63) is 18.6 Å². The van der Waals surface area contributed by atoms with Crippen LogP contribution in [0.5, 0.6) is 0 Å². The Morgan fingerprint density at radius 3 is 2.79 bits per heavy atom. The Labute approximate surface area is 169 Å². The van der Waals surface area contributed by atoms with Crippen LogP contribution in [-0.4, -0.2) is 61.7 Å². The van der Waals surface area contributed by atoms with Gasteiger partial charge in [-0.1, -0.05) is 26.7 Å². The Balaban J connectivity index is 1.52. The Hall–Kier alpha value is -2.23. The first-order valence-electron chi connectivity index (χ1n) is 10.2. The number of nitrogens with zero attached hydrogens (tertiary/aromatic N) is 3. The van der Waals surface area contributed by atoms with Gasteiger partial charge in [-0.05, 0) is 18.9 Å². The van der Waals surface area contributed by atoms with Crippen LogP contribution in [0, 0.1) is 5.92 Å². The maximum Gasteiger partial charge on any atom is 0.308 e. The third kappa shape index (κ3) is 3.94. The molecule has 0 unspecified atom stereocenters. The van der Waals surface area contributed by atoms with Gasteiger partial charge in [0, 0.05) is 12.2 Å². The number of anilines is 1. The molecule has 0 bridgehead atoms. The van der Waals surface area contributed by atoms with E-state index in [-0.39, 0.29) is 18.5 Å². The van der Waals surface area contributed by atoms with Crippen LogP contribution in [0.15, 0.2) is 18.6 Å². The van der Waals surface area contributed by atoms with Crippen molar-refractivity contribution < 1.29 is 24.5 Å². The highest BCUT2D eigenvalue weighted by Crippen LogP contribution is 2.33. The molecule has 2 fully saturated rings. The molecule has 9 nitrogen and oxygen atoms in total. The molecule has 1 aliphatic carbocycles. The van der Waals surface area contributed by atoms with E-state index in [1.807, 2.05) is 6.07 Å². The molecule has 0 amide bonds. The van der Waals surface area contributed by atoms with E-state index in [1.54, 1.807) is 30.9 Å². The van der Waals surface area contributed by atoms with Crippen molar-refractivity contribution in [2.45, 2.75) is 70.1 Å². The van der Waals surface area contributed by atoms with Crippen LogP contribution in [0.3, 0.4) is 0 Å². The lowest BCUT2D eigenvalue weighted by molar-refractivity contribution is -0.153. The number of aliphatic hydroxyl groups is 2. The molecule has 0 aromatic carbocycles. The second-order valence-corrected chi connectivity index (χ2v) is 8.14. The van der Waals surface area contributed by atoms with E-state index in [0.29, 0.717) is 17.2 Å². The fourth-order valence-corrected chi connectivity index (χ4v) is 3.95. The maximum absolute atomic E-state index is 11.7. The minimum Gasteiger partial charge on any atom is -0.463 e. The fourth-order valence-electron chi connectivity index (χ4n) is 3.95. The quantitative estimate of drug-likeness (QED) is 0.622. The van der Waals surface area contributed by atoms with Gasteiger partial charge in [0.2, 0.25) is 0 Å². The summed E-state index contributed by atoms with van der Waals surface area (Å²) < 4.78 is 12.6. The minimum absolute atomic E-state index is 0.125. The van der Waals surface area contributed by atoms with E-state index in [4.69, 9.17) is 9.47 Å². The summed E-state index contributed by atoms with van der Waals surface area (Å²) in [5, 5.41) is 24.4. The van der Waals surface area contributed by atoms with Crippen LogP contribution in [0.4, 0.5) is 5.69 Å². The molecule has 0 radical (unpaired) electrons. The number of aromatic nitrogens is 3. The summed E-state index contributed by atoms with van der Waals surface area (Å²) in [5.41, 5.74) is 2.15. The second kappa shape index (κ2) is 8.25. The van der Waals surface area contributed by atoms with Crippen molar-refractivity contribution in [3.63, 3.8) is 0 Å². The molecule has 9 heteroatoms. The first-order valence-corrected chi connectivity index (χ1v) is 10.2. The molecule has 4 rings (SSSR count). The van der Waals surface area contributed by atoms with Crippen LogP contribution in [0.2, 0.25) is 0 Å². The lowest BCUT2D eigenvalue weighted by atomic mass is 10.1. The minimum atomic E-state index is -1.19. The SMILES string of the molecule is CC(C)C(=O)OC[C@H]1O[C@@H](n2cnc3c(NC4CCCC4)ccnc32)[C@H](O)[C@@H]1O. The van der Waals surface area contributed by atoms with E-state index in [1.165, 1.54) is 12.8 Å². The third-order valence-corrected chi connectivity index (χ3v) is 5.65. The second-order valence-electron chi connectivity index (χ2n) is 8.14. The average molecular weight is 404 g/mol. The number of imidazole rings is 1. The van der Waals surface area contributed by atoms with Gasteiger partial charge in [-0.25, -0.2) is 9.97 Å². The van der Waals surface area contributed by atoms with Crippen molar-refractivity contribution in [2.75, 3.05) is 11.9 Å². The zero-order chi connectivity index (χ0) is 20.5. The molecule has 1 aliphatic heterocycles. The molecular formula is C20H28N4O5. The predicted octanol–water partition coefficient (Wildman–Crippen LogP) is 1.60. The van der Waals surface area contributed by atoms with Gasteiger partial charge in [0.15, 0.2) is 11.9 Å². The summed E-state index contributed by atoms with van der Waals surface area (Å²) >= 11 is 0. The van der Waals surface area contributed by atoms with Gasteiger partial charge >= 0.3 is 5.97 Å². The number of fused-ring (bicyclic) bond motifs is 1. The molecule has 2 aromatic heterocycles. The number of rotatable bonds is 6. The van der Waals surface area contributed by atoms with Crippen LogP contribution in [0.25, 0.3) is 11.2 Å². The number of carbonyl (C=O) groups excluding carboxylic acids is 1. The van der Waals surface area contributed by atoms with Crippen LogP contribution in [0.1, 0.15) is 45.8 Å². The predicted molar refractivity (Wildman–Crippen MR) is 105 cm³/mol. The lowest BCUT2D eigenvalue weighted by Crippen LogP contribution is -2.34. The summed E-state index contributed by atoms with van der Waals surface area (Å²) in [7, 11) is 0. The lowest BCUT2D eigenvalue weighted by Gasteiger charge is -2.17. The summed E-state index contributed by atoms with van der Waals surface area (Å²) in [5.74, 6) is -0.655. The van der Waals surface area contributed by atoms with Crippen molar-refractivity contribution in [3.8, 4) is 0 Å². The van der Waals surface area contributed by atoms with Crippen LogP contribution in [-0.2, 0) is 14.3 Å². The number of esters is 1. The maximum atomic E-state index is 11.7. The third-order valence-electron chi connectivity index (χ3n) is 5.65. The molecule has 4 atom stereocenters. The molecular weight excluding hydrogens is 376 g/mol. The van der Waals surface area contributed by atoms with E-state index in [9.17, 15) is 15.0 Å². The molecule has 3 N–H and O–H groups in total. The monoisotopic (exact) mass is 404 g/mol. The van der Waals surface area contributed by atoms with Gasteiger partial charge in [0.05, 0.1) is 17.9 Å². The van der Waals surface area contributed by atoms with Gasteiger partial charge in [-0.15, -0.1) is 0 Å². The Morgan fingerprint density at radius 2 is 2.07 bits per heavy atom. The van der Waals surface area contributed by atoms with Crippen molar-refractivity contribution in [1.29, 1.82) is 0 Å². The van der Waals surface area contributed by atoms with E-state index in [0.717, 1.165) is 18.5 Å². The normalized spacial score (nSPS) is 27.8. The highest BCUT2D eigenvalue weighted by atomic mass is 16.6. The zero-order valence-electron chi connectivity index (χ0n) is 16.7. The van der Waals surface area contributed by atoms with Gasteiger partial charge in [0.1, 0.15) is 30.4 Å². The van der Waals surface area contributed by atoms with Gasteiger partial charge in [0.25, 0.3) is 0 Å². The topological polar surface area (TPSA) is 119 Å². The molecule has 3 heterocycles. The van der Waals surface area contributed by atoms with Crippen LogP contribution >= 0.6 is 0 Å². The molecule has 1 saturated carbocycles. The van der Waals surface area contributed by atoms with E-state index in [2.05, 4.69) is 15.3 Å². The Morgan fingerprint density at radius 1 is 1.31 bits per heavy atom. The number of nitrogens with one attached hydrogen (secondary N) is 1. The highest BCUT2D eigenvalue weighted by molar-refractivity contribution is 5.85. The Kier molecular flexibility index (Phi) is 5.71. The van der Waals surface area contributed by atoms with Gasteiger partial charge < -0.3 is 25.0 Å². The zero-order valence-corrected chi connectivity index (χ0v) is 16.7. The largest absolute Gasteiger partial charge is 0.463 e.